The summed E-state index contributed by atoms with van der Waals surface area (Å²) in [5.74, 6) is 0.919. The molecule has 2 atom stereocenters. The van der Waals surface area contributed by atoms with Crippen molar-refractivity contribution in [2.75, 3.05) is 24.0 Å². The van der Waals surface area contributed by atoms with Crippen LogP contribution in [0.15, 0.2) is 18.2 Å². The van der Waals surface area contributed by atoms with Crippen LogP contribution in [0.25, 0.3) is 0 Å². The topological polar surface area (TPSA) is 66.6 Å². The molecular formula is C14H22N2O3S. The minimum absolute atomic E-state index is 0.0467. The van der Waals surface area contributed by atoms with E-state index in [-0.39, 0.29) is 16.7 Å². The van der Waals surface area contributed by atoms with Crippen molar-refractivity contribution < 1.29 is 10.0 Å². The third-order valence-corrected chi connectivity index (χ3v) is 4.15. The number of aliphatic hydroxyl groups is 1. The molecule has 6 heteroatoms. The Hall–Kier alpha value is -1.27. The van der Waals surface area contributed by atoms with Crippen LogP contribution in [-0.4, -0.2) is 35.1 Å². The Labute approximate surface area is 124 Å². The molecule has 0 aliphatic heterocycles. The first-order valence-corrected chi connectivity index (χ1v) is 7.99. The minimum Gasteiger partial charge on any atom is -0.389 e. The van der Waals surface area contributed by atoms with Crippen LogP contribution in [-0.2, 0) is 0 Å². The number of nitro benzene ring substituents is 1. The number of rotatable bonds is 7. The van der Waals surface area contributed by atoms with Gasteiger partial charge < -0.3 is 10.0 Å². The number of nitrogens with zero attached hydrogens (tertiary/aromatic N) is 2. The van der Waals surface area contributed by atoms with Gasteiger partial charge in [-0.25, -0.2) is 0 Å². The number of benzene rings is 1. The van der Waals surface area contributed by atoms with Crippen LogP contribution in [0.1, 0.15) is 31.9 Å². The van der Waals surface area contributed by atoms with E-state index in [1.165, 1.54) is 6.07 Å². The second-order valence-corrected chi connectivity index (χ2v) is 5.72. The van der Waals surface area contributed by atoms with Crippen molar-refractivity contribution in [3.63, 3.8) is 0 Å². The quantitative estimate of drug-likeness (QED) is 0.618. The third-order valence-electron chi connectivity index (χ3n) is 3.44. The second-order valence-electron chi connectivity index (χ2n) is 4.81. The van der Waals surface area contributed by atoms with Crippen LogP contribution in [0, 0.1) is 10.1 Å². The van der Waals surface area contributed by atoms with Gasteiger partial charge in [0.1, 0.15) is 5.69 Å². The van der Waals surface area contributed by atoms with E-state index in [0.29, 0.717) is 11.3 Å². The van der Waals surface area contributed by atoms with Gasteiger partial charge in [0.2, 0.25) is 0 Å². The van der Waals surface area contributed by atoms with E-state index in [1.807, 2.05) is 18.2 Å². The minimum atomic E-state index is -0.707. The Morgan fingerprint density at radius 2 is 2.15 bits per heavy atom. The van der Waals surface area contributed by atoms with E-state index in [1.54, 1.807) is 30.8 Å². The van der Waals surface area contributed by atoms with Crippen molar-refractivity contribution in [1.29, 1.82) is 0 Å². The largest absolute Gasteiger partial charge is 0.389 e. The first kappa shape index (κ1) is 16.8. The average Bonchev–Trinajstić information content (AvgIpc) is 2.43. The van der Waals surface area contributed by atoms with Crippen LogP contribution in [0.3, 0.4) is 0 Å². The van der Waals surface area contributed by atoms with Gasteiger partial charge in [-0.15, -0.1) is 0 Å². The molecule has 0 fully saturated rings. The molecule has 2 unspecified atom stereocenters. The van der Waals surface area contributed by atoms with Crippen molar-refractivity contribution >= 4 is 23.1 Å². The van der Waals surface area contributed by atoms with Gasteiger partial charge in [0.05, 0.1) is 11.0 Å². The summed E-state index contributed by atoms with van der Waals surface area (Å²) in [6, 6.07) is 5.18. The normalized spacial score (nSPS) is 13.8. The summed E-state index contributed by atoms with van der Waals surface area (Å²) < 4.78 is 0. The molecule has 0 saturated carbocycles. The first-order chi connectivity index (χ1) is 9.42. The fraction of sp³-hybridized carbons (Fsp3) is 0.571. The van der Waals surface area contributed by atoms with Crippen molar-refractivity contribution in [1.82, 2.24) is 0 Å². The lowest BCUT2D eigenvalue weighted by Gasteiger charge is -2.28. The Balaban J connectivity index is 3.19. The predicted octanol–water partition coefficient (Wildman–Crippen LogP) is 3.23. The zero-order chi connectivity index (χ0) is 15.3. The number of aliphatic hydroxyl groups excluding tert-OH is 1. The maximum Gasteiger partial charge on any atom is 0.292 e. The molecule has 0 saturated heterocycles. The summed E-state index contributed by atoms with van der Waals surface area (Å²) in [6.07, 6.45) is 2.25. The molecular weight excluding hydrogens is 276 g/mol. The first-order valence-electron chi connectivity index (χ1n) is 6.60. The summed E-state index contributed by atoms with van der Waals surface area (Å²) in [7, 11) is 1.88. The fourth-order valence-corrected chi connectivity index (χ4v) is 2.98. The lowest BCUT2D eigenvalue weighted by Crippen LogP contribution is -2.33. The highest BCUT2D eigenvalue weighted by Gasteiger charge is 2.23. The zero-order valence-corrected chi connectivity index (χ0v) is 13.2. The van der Waals surface area contributed by atoms with E-state index in [9.17, 15) is 15.2 Å². The zero-order valence-electron chi connectivity index (χ0n) is 12.4. The molecule has 0 bridgehead atoms. The van der Waals surface area contributed by atoms with Crippen LogP contribution >= 0.6 is 11.8 Å². The van der Waals surface area contributed by atoms with Gasteiger partial charge in [-0.05, 0) is 31.2 Å². The molecule has 1 N–H and O–H groups in total. The van der Waals surface area contributed by atoms with Crippen LogP contribution < -0.4 is 4.90 Å². The summed E-state index contributed by atoms with van der Waals surface area (Å²) in [5, 5.41) is 20.8. The maximum absolute atomic E-state index is 11.3. The number of hydrogen-bond donors (Lipinski definition) is 1. The standard InChI is InChI=1S/C14H22N2O3S/c1-5-12(9-20-4)15(3)13-7-6-11(10(2)17)8-14(13)16(18)19/h6-8,10,12,17H,5,9H2,1-4H3. The van der Waals surface area contributed by atoms with E-state index in [4.69, 9.17) is 0 Å². The predicted molar refractivity (Wildman–Crippen MR) is 84.6 cm³/mol. The van der Waals surface area contributed by atoms with E-state index < -0.39 is 6.10 Å². The van der Waals surface area contributed by atoms with Gasteiger partial charge in [0.15, 0.2) is 0 Å². The number of nitro groups is 1. The highest BCUT2D eigenvalue weighted by molar-refractivity contribution is 7.98. The molecule has 0 aliphatic rings. The average molecular weight is 298 g/mol. The molecule has 0 radical (unpaired) electrons. The monoisotopic (exact) mass is 298 g/mol. The smallest absolute Gasteiger partial charge is 0.292 e. The molecule has 0 aliphatic carbocycles. The lowest BCUT2D eigenvalue weighted by molar-refractivity contribution is -0.384. The molecule has 112 valence electrons. The van der Waals surface area contributed by atoms with E-state index in [2.05, 4.69) is 6.92 Å². The Morgan fingerprint density at radius 1 is 1.50 bits per heavy atom. The van der Waals surface area contributed by atoms with Crippen molar-refractivity contribution in [3.05, 3.63) is 33.9 Å². The van der Waals surface area contributed by atoms with Gasteiger partial charge in [-0.1, -0.05) is 13.0 Å². The molecule has 1 aromatic rings. The molecule has 1 rings (SSSR count). The van der Waals surface area contributed by atoms with Gasteiger partial charge in [0.25, 0.3) is 5.69 Å². The van der Waals surface area contributed by atoms with Crippen LogP contribution in [0.4, 0.5) is 11.4 Å². The van der Waals surface area contributed by atoms with Crippen molar-refractivity contribution in [2.24, 2.45) is 0 Å². The highest BCUT2D eigenvalue weighted by Crippen LogP contribution is 2.32. The molecule has 1 aromatic carbocycles. The maximum atomic E-state index is 11.3. The molecule has 20 heavy (non-hydrogen) atoms. The third kappa shape index (κ3) is 3.86. The Kier molecular flexibility index (Phi) is 6.29. The summed E-state index contributed by atoms with van der Waals surface area (Å²) in [4.78, 5) is 12.8. The fourth-order valence-electron chi connectivity index (χ4n) is 2.14. The molecule has 0 aromatic heterocycles. The number of anilines is 1. The van der Waals surface area contributed by atoms with Crippen LogP contribution in [0.5, 0.6) is 0 Å². The SMILES string of the molecule is CCC(CSC)N(C)c1ccc(C(C)O)cc1[N+](=O)[O-]. The van der Waals surface area contributed by atoms with Crippen molar-refractivity contribution in [3.8, 4) is 0 Å². The van der Waals surface area contributed by atoms with Gasteiger partial charge in [0, 0.05) is 24.9 Å². The van der Waals surface area contributed by atoms with E-state index in [0.717, 1.165) is 12.2 Å². The van der Waals surface area contributed by atoms with Crippen LogP contribution in [0.2, 0.25) is 0 Å². The molecule has 0 amide bonds. The van der Waals surface area contributed by atoms with Gasteiger partial charge in [-0.3, -0.25) is 10.1 Å². The highest BCUT2D eigenvalue weighted by atomic mass is 32.2. The molecule has 0 heterocycles. The van der Waals surface area contributed by atoms with Gasteiger partial charge >= 0.3 is 0 Å². The Bertz CT molecular complexity index is 466. The summed E-state index contributed by atoms with van der Waals surface area (Å²) >= 11 is 1.73. The second kappa shape index (κ2) is 7.50. The van der Waals surface area contributed by atoms with Crippen molar-refractivity contribution in [2.45, 2.75) is 32.4 Å². The molecule has 5 nitrogen and oxygen atoms in total. The lowest BCUT2D eigenvalue weighted by atomic mass is 10.1. The summed E-state index contributed by atoms with van der Waals surface area (Å²) in [5.41, 5.74) is 1.21. The van der Waals surface area contributed by atoms with Gasteiger partial charge in [-0.2, -0.15) is 11.8 Å². The number of hydrogen-bond acceptors (Lipinski definition) is 5. The Morgan fingerprint density at radius 3 is 2.60 bits per heavy atom. The molecule has 0 spiro atoms. The summed E-state index contributed by atoms with van der Waals surface area (Å²) in [6.45, 7) is 3.68. The number of thioether (sulfide) groups is 1. The van der Waals surface area contributed by atoms with E-state index >= 15 is 0 Å².